The third kappa shape index (κ3) is 2.99. The van der Waals surface area contributed by atoms with Crippen molar-refractivity contribution in [2.45, 2.75) is 38.8 Å². The van der Waals surface area contributed by atoms with E-state index in [1.54, 1.807) is 0 Å². The van der Waals surface area contributed by atoms with E-state index in [0.29, 0.717) is 17.8 Å². The van der Waals surface area contributed by atoms with Crippen LogP contribution < -0.4 is 11.1 Å². The Morgan fingerprint density at radius 2 is 2.31 bits per heavy atom. The van der Waals surface area contributed by atoms with E-state index in [0.717, 1.165) is 0 Å². The zero-order valence-electron chi connectivity index (χ0n) is 9.53. The number of carbonyl (C=O) groups excluding carboxylic acids is 2. The Morgan fingerprint density at radius 3 is 2.81 bits per heavy atom. The summed E-state index contributed by atoms with van der Waals surface area (Å²) in [5, 5.41) is 2.33. The summed E-state index contributed by atoms with van der Waals surface area (Å²) >= 11 is 4.84. The Morgan fingerprint density at radius 1 is 1.69 bits per heavy atom. The molecule has 6 heteroatoms. The Labute approximate surface area is 100 Å². The van der Waals surface area contributed by atoms with Crippen LogP contribution in [0.2, 0.25) is 0 Å². The van der Waals surface area contributed by atoms with Gasteiger partial charge in [0.2, 0.25) is 11.8 Å². The van der Waals surface area contributed by atoms with Crippen molar-refractivity contribution in [3.8, 4) is 0 Å². The first kappa shape index (κ1) is 13.1. The number of piperazine rings is 1. The van der Waals surface area contributed by atoms with Gasteiger partial charge in [-0.25, -0.2) is 0 Å². The van der Waals surface area contributed by atoms with Gasteiger partial charge in [0.25, 0.3) is 0 Å². The summed E-state index contributed by atoms with van der Waals surface area (Å²) in [6.07, 6.45) is 1.19. The van der Waals surface area contributed by atoms with E-state index in [4.69, 9.17) is 18.0 Å². The second-order valence-corrected chi connectivity index (χ2v) is 4.55. The van der Waals surface area contributed by atoms with Gasteiger partial charge in [0, 0.05) is 12.5 Å². The molecule has 1 rings (SSSR count). The average molecular weight is 243 g/mol. The maximum Gasteiger partial charge on any atom is 0.243 e. The first-order valence-electron chi connectivity index (χ1n) is 5.33. The van der Waals surface area contributed by atoms with Crippen LogP contribution in [0.25, 0.3) is 0 Å². The number of nitrogens with zero attached hydrogens (tertiary/aromatic N) is 1. The van der Waals surface area contributed by atoms with Gasteiger partial charge in [0.15, 0.2) is 0 Å². The summed E-state index contributed by atoms with van der Waals surface area (Å²) in [6.45, 7) is 4.07. The van der Waals surface area contributed by atoms with E-state index in [1.165, 1.54) is 0 Å². The van der Waals surface area contributed by atoms with Crippen molar-refractivity contribution < 1.29 is 9.59 Å². The Hall–Kier alpha value is -1.01. The van der Waals surface area contributed by atoms with Crippen molar-refractivity contribution in [1.29, 1.82) is 0 Å². The van der Waals surface area contributed by atoms with Crippen LogP contribution in [-0.2, 0) is 9.59 Å². The molecular formula is C10H17N3O2S. The molecule has 0 aromatic carbocycles. The zero-order chi connectivity index (χ0) is 12.3. The number of imide groups is 1. The van der Waals surface area contributed by atoms with E-state index in [9.17, 15) is 9.59 Å². The van der Waals surface area contributed by atoms with Crippen molar-refractivity contribution in [2.75, 3.05) is 6.54 Å². The fraction of sp³-hybridized carbons (Fsp3) is 0.700. The summed E-state index contributed by atoms with van der Waals surface area (Å²) in [7, 11) is 0. The molecular weight excluding hydrogens is 226 g/mol. The molecule has 2 atom stereocenters. The molecule has 0 aromatic heterocycles. The smallest absolute Gasteiger partial charge is 0.243 e. The lowest BCUT2D eigenvalue weighted by Gasteiger charge is -2.37. The third-order valence-electron chi connectivity index (χ3n) is 2.74. The molecule has 3 N–H and O–H groups in total. The van der Waals surface area contributed by atoms with Crippen LogP contribution >= 0.6 is 12.2 Å². The highest BCUT2D eigenvalue weighted by Gasteiger charge is 2.34. The van der Waals surface area contributed by atoms with Gasteiger partial charge < -0.3 is 5.73 Å². The predicted molar refractivity (Wildman–Crippen MR) is 64.8 cm³/mol. The number of carbonyl (C=O) groups is 2. The molecule has 90 valence electrons. The van der Waals surface area contributed by atoms with Crippen molar-refractivity contribution >= 4 is 29.0 Å². The number of hydrogen-bond donors (Lipinski definition) is 2. The van der Waals surface area contributed by atoms with Crippen LogP contribution in [0.1, 0.15) is 26.7 Å². The standard InChI is InChI=1S/C10H17N3O2S/c1-3-7-10(15)12-9(14)5-13(7)6(2)4-8(11)16/h6-7H,3-5H2,1-2H3,(H2,11,16)(H,12,14,15). The molecule has 2 unspecified atom stereocenters. The first-order valence-corrected chi connectivity index (χ1v) is 5.74. The molecule has 0 radical (unpaired) electrons. The number of hydrogen-bond acceptors (Lipinski definition) is 4. The lowest BCUT2D eigenvalue weighted by molar-refractivity contribution is -0.141. The molecule has 0 aromatic rings. The van der Waals surface area contributed by atoms with Gasteiger partial charge >= 0.3 is 0 Å². The van der Waals surface area contributed by atoms with Crippen molar-refractivity contribution in [1.82, 2.24) is 10.2 Å². The van der Waals surface area contributed by atoms with Gasteiger partial charge in [-0.2, -0.15) is 0 Å². The summed E-state index contributed by atoms with van der Waals surface area (Å²) < 4.78 is 0. The molecule has 5 nitrogen and oxygen atoms in total. The first-order chi connectivity index (χ1) is 7.45. The minimum Gasteiger partial charge on any atom is -0.393 e. The van der Waals surface area contributed by atoms with Crippen LogP contribution in [0, 0.1) is 0 Å². The third-order valence-corrected chi connectivity index (χ3v) is 2.91. The molecule has 1 aliphatic heterocycles. The number of amides is 2. The molecule has 1 aliphatic rings. The molecule has 0 aliphatic carbocycles. The SMILES string of the molecule is CCC1C(=O)NC(=O)CN1C(C)CC(N)=S. The second-order valence-electron chi connectivity index (χ2n) is 4.03. The highest BCUT2D eigenvalue weighted by Crippen LogP contribution is 2.15. The zero-order valence-corrected chi connectivity index (χ0v) is 10.3. The lowest BCUT2D eigenvalue weighted by atomic mass is 10.1. The Kier molecular flexibility index (Phi) is 4.37. The van der Waals surface area contributed by atoms with Crippen LogP contribution in [0.4, 0.5) is 0 Å². The van der Waals surface area contributed by atoms with E-state index in [1.807, 2.05) is 18.7 Å². The van der Waals surface area contributed by atoms with Gasteiger partial charge in [-0.1, -0.05) is 19.1 Å². The maximum atomic E-state index is 11.6. The van der Waals surface area contributed by atoms with Crippen molar-refractivity contribution in [2.24, 2.45) is 5.73 Å². The van der Waals surface area contributed by atoms with Gasteiger partial charge in [0.1, 0.15) is 0 Å². The van der Waals surface area contributed by atoms with Crippen LogP contribution in [-0.4, -0.2) is 40.3 Å². The highest BCUT2D eigenvalue weighted by molar-refractivity contribution is 7.80. The molecule has 2 amide bonds. The van der Waals surface area contributed by atoms with Crippen molar-refractivity contribution in [3.63, 3.8) is 0 Å². The monoisotopic (exact) mass is 243 g/mol. The van der Waals surface area contributed by atoms with Gasteiger partial charge in [-0.15, -0.1) is 0 Å². The summed E-state index contributed by atoms with van der Waals surface area (Å²) in [5.74, 6) is -0.488. The fourth-order valence-electron chi connectivity index (χ4n) is 1.98. The molecule has 0 bridgehead atoms. The number of nitrogens with two attached hydrogens (primary N) is 1. The minimum atomic E-state index is -0.262. The van der Waals surface area contributed by atoms with Crippen LogP contribution in [0.3, 0.4) is 0 Å². The molecule has 1 heterocycles. The summed E-state index contributed by atoms with van der Waals surface area (Å²) in [4.78, 5) is 25.2. The Balaban J connectivity index is 2.77. The Bertz CT molecular complexity index is 319. The molecule has 0 spiro atoms. The van der Waals surface area contributed by atoms with E-state index >= 15 is 0 Å². The van der Waals surface area contributed by atoms with Crippen LogP contribution in [0.15, 0.2) is 0 Å². The average Bonchev–Trinajstić information content (AvgIpc) is 2.15. The van der Waals surface area contributed by atoms with E-state index in [2.05, 4.69) is 5.32 Å². The van der Waals surface area contributed by atoms with Crippen LogP contribution in [0.5, 0.6) is 0 Å². The minimum absolute atomic E-state index is 0.0115. The lowest BCUT2D eigenvalue weighted by Crippen LogP contribution is -2.60. The van der Waals surface area contributed by atoms with Gasteiger partial charge in [-0.3, -0.25) is 19.8 Å². The van der Waals surface area contributed by atoms with Crippen molar-refractivity contribution in [3.05, 3.63) is 0 Å². The second kappa shape index (κ2) is 5.36. The number of thiocarbonyl (C=S) groups is 1. The summed E-state index contributed by atoms with van der Waals surface area (Å²) in [5.41, 5.74) is 5.48. The number of nitrogens with one attached hydrogen (secondary N) is 1. The van der Waals surface area contributed by atoms with Gasteiger partial charge in [0.05, 0.1) is 17.6 Å². The quantitative estimate of drug-likeness (QED) is 0.528. The summed E-state index contributed by atoms with van der Waals surface area (Å²) in [6, 6.07) is -0.250. The predicted octanol–water partition coefficient (Wildman–Crippen LogP) is -0.212. The normalized spacial score (nSPS) is 24.0. The molecule has 16 heavy (non-hydrogen) atoms. The fourth-order valence-corrected chi connectivity index (χ4v) is 2.22. The molecule has 0 saturated carbocycles. The van der Waals surface area contributed by atoms with E-state index in [-0.39, 0.29) is 30.4 Å². The molecule has 1 fully saturated rings. The largest absolute Gasteiger partial charge is 0.393 e. The van der Waals surface area contributed by atoms with Gasteiger partial charge in [-0.05, 0) is 13.3 Å². The molecule has 1 saturated heterocycles. The topological polar surface area (TPSA) is 75.4 Å². The number of rotatable bonds is 4. The highest BCUT2D eigenvalue weighted by atomic mass is 32.1. The maximum absolute atomic E-state index is 11.6. The van der Waals surface area contributed by atoms with E-state index < -0.39 is 0 Å².